The maximum absolute atomic E-state index is 12.3. The fraction of sp³-hybridized carbons (Fsp3) is 0.0500. The minimum absolute atomic E-state index is 0.215. The summed E-state index contributed by atoms with van der Waals surface area (Å²) in [5.41, 5.74) is 2.11. The van der Waals surface area contributed by atoms with E-state index in [-0.39, 0.29) is 5.91 Å². The van der Waals surface area contributed by atoms with Gasteiger partial charge in [0.2, 0.25) is 0 Å². The number of hydrogen-bond donors (Lipinski definition) is 1. The SMILES string of the molecule is Cc1ccc(C(=O)Nc2ccc(Oc3ccc(Cl)cc3)cc2)cc1Cl. The zero-order chi connectivity index (χ0) is 17.8. The molecule has 0 aromatic heterocycles. The summed E-state index contributed by atoms with van der Waals surface area (Å²) < 4.78 is 5.72. The standard InChI is InChI=1S/C20H15Cl2NO2/c1-13-2-3-14(12-19(13)22)20(24)23-16-6-10-18(11-7-16)25-17-8-4-15(21)5-9-17/h2-12H,1H3,(H,23,24). The van der Waals surface area contributed by atoms with E-state index in [2.05, 4.69) is 5.32 Å². The van der Waals surface area contributed by atoms with Gasteiger partial charge in [-0.05, 0) is 73.2 Å². The number of aryl methyl sites for hydroxylation is 1. The maximum atomic E-state index is 12.3. The topological polar surface area (TPSA) is 38.3 Å². The summed E-state index contributed by atoms with van der Waals surface area (Å²) in [7, 11) is 0. The third kappa shape index (κ3) is 4.53. The van der Waals surface area contributed by atoms with Crippen LogP contribution in [0.25, 0.3) is 0 Å². The van der Waals surface area contributed by atoms with Crippen LogP contribution in [0.5, 0.6) is 11.5 Å². The average Bonchev–Trinajstić information content (AvgIpc) is 2.61. The molecule has 3 nitrogen and oxygen atoms in total. The highest BCUT2D eigenvalue weighted by Gasteiger charge is 2.08. The number of ether oxygens (including phenoxy) is 1. The normalized spacial score (nSPS) is 10.4. The number of anilines is 1. The van der Waals surface area contributed by atoms with Crippen molar-refractivity contribution in [3.63, 3.8) is 0 Å². The highest BCUT2D eigenvalue weighted by atomic mass is 35.5. The van der Waals surface area contributed by atoms with Crippen LogP contribution in [-0.4, -0.2) is 5.91 Å². The van der Waals surface area contributed by atoms with Crippen LogP contribution in [0.2, 0.25) is 10.0 Å². The van der Waals surface area contributed by atoms with Crippen molar-refractivity contribution in [3.05, 3.63) is 87.9 Å². The van der Waals surface area contributed by atoms with Crippen molar-refractivity contribution >= 4 is 34.8 Å². The fourth-order valence-electron chi connectivity index (χ4n) is 2.18. The Morgan fingerprint density at radius 3 is 2.08 bits per heavy atom. The first-order valence-electron chi connectivity index (χ1n) is 7.62. The molecular weight excluding hydrogens is 357 g/mol. The molecule has 0 aliphatic carbocycles. The molecule has 25 heavy (non-hydrogen) atoms. The molecule has 126 valence electrons. The molecule has 3 aromatic carbocycles. The van der Waals surface area contributed by atoms with Gasteiger partial charge >= 0.3 is 0 Å². The molecule has 0 atom stereocenters. The predicted molar refractivity (Wildman–Crippen MR) is 102 cm³/mol. The van der Waals surface area contributed by atoms with Crippen molar-refractivity contribution in [3.8, 4) is 11.5 Å². The molecule has 1 N–H and O–H groups in total. The Labute approximate surface area is 156 Å². The number of rotatable bonds is 4. The molecule has 0 aliphatic rings. The quantitative estimate of drug-likeness (QED) is 0.580. The summed E-state index contributed by atoms with van der Waals surface area (Å²) in [6.45, 7) is 1.89. The summed E-state index contributed by atoms with van der Waals surface area (Å²) >= 11 is 11.9. The van der Waals surface area contributed by atoms with Gasteiger partial charge in [0.05, 0.1) is 0 Å². The van der Waals surface area contributed by atoms with Gasteiger partial charge in [0.15, 0.2) is 0 Å². The molecule has 0 unspecified atom stereocenters. The number of carbonyl (C=O) groups excluding carboxylic acids is 1. The smallest absolute Gasteiger partial charge is 0.255 e. The molecule has 0 saturated carbocycles. The lowest BCUT2D eigenvalue weighted by molar-refractivity contribution is 0.102. The van der Waals surface area contributed by atoms with Crippen LogP contribution in [0.15, 0.2) is 66.7 Å². The van der Waals surface area contributed by atoms with Crippen LogP contribution in [0.3, 0.4) is 0 Å². The van der Waals surface area contributed by atoms with Gasteiger partial charge in [0, 0.05) is 21.3 Å². The number of carbonyl (C=O) groups is 1. The van der Waals surface area contributed by atoms with Crippen LogP contribution >= 0.6 is 23.2 Å². The van der Waals surface area contributed by atoms with Crippen molar-refractivity contribution in [1.82, 2.24) is 0 Å². The molecular formula is C20H15Cl2NO2. The van der Waals surface area contributed by atoms with Gasteiger partial charge in [-0.25, -0.2) is 0 Å². The molecule has 0 bridgehead atoms. The maximum Gasteiger partial charge on any atom is 0.255 e. The molecule has 0 spiro atoms. The van der Waals surface area contributed by atoms with Gasteiger partial charge in [0.1, 0.15) is 11.5 Å². The lowest BCUT2D eigenvalue weighted by Gasteiger charge is -2.09. The zero-order valence-corrected chi connectivity index (χ0v) is 14.9. The van der Waals surface area contributed by atoms with Crippen molar-refractivity contribution in [2.24, 2.45) is 0 Å². The monoisotopic (exact) mass is 371 g/mol. The van der Waals surface area contributed by atoms with E-state index in [1.807, 2.05) is 13.0 Å². The molecule has 1 amide bonds. The molecule has 0 saturated heterocycles. The van der Waals surface area contributed by atoms with Crippen LogP contribution in [-0.2, 0) is 0 Å². The van der Waals surface area contributed by atoms with Crippen LogP contribution < -0.4 is 10.1 Å². The second-order valence-corrected chi connectivity index (χ2v) is 6.34. The molecule has 3 rings (SSSR count). The van der Waals surface area contributed by atoms with E-state index in [0.717, 1.165) is 5.56 Å². The molecule has 3 aromatic rings. The van der Waals surface area contributed by atoms with E-state index < -0.39 is 0 Å². The third-order valence-corrected chi connectivity index (χ3v) is 4.25. The Morgan fingerprint density at radius 1 is 0.880 bits per heavy atom. The third-order valence-electron chi connectivity index (χ3n) is 3.60. The molecule has 0 radical (unpaired) electrons. The Balaban J connectivity index is 1.66. The zero-order valence-electron chi connectivity index (χ0n) is 13.4. The summed E-state index contributed by atoms with van der Waals surface area (Å²) in [5.74, 6) is 1.14. The van der Waals surface area contributed by atoms with Crippen LogP contribution in [0, 0.1) is 6.92 Å². The van der Waals surface area contributed by atoms with Gasteiger partial charge in [-0.2, -0.15) is 0 Å². The Bertz CT molecular complexity index is 891. The van der Waals surface area contributed by atoms with Crippen molar-refractivity contribution < 1.29 is 9.53 Å². The first-order chi connectivity index (χ1) is 12.0. The van der Waals surface area contributed by atoms with E-state index in [0.29, 0.717) is 32.8 Å². The second-order valence-electron chi connectivity index (χ2n) is 5.50. The summed E-state index contributed by atoms with van der Waals surface area (Å²) in [6.07, 6.45) is 0. The minimum Gasteiger partial charge on any atom is -0.457 e. The van der Waals surface area contributed by atoms with Gasteiger partial charge in [-0.15, -0.1) is 0 Å². The van der Waals surface area contributed by atoms with Crippen molar-refractivity contribution in [2.75, 3.05) is 5.32 Å². The lowest BCUT2D eigenvalue weighted by atomic mass is 10.1. The number of amides is 1. The predicted octanol–water partition coefficient (Wildman–Crippen LogP) is 6.35. The largest absolute Gasteiger partial charge is 0.457 e. The minimum atomic E-state index is -0.215. The van der Waals surface area contributed by atoms with Gasteiger partial charge in [-0.1, -0.05) is 29.3 Å². The average molecular weight is 372 g/mol. The number of nitrogens with one attached hydrogen (secondary N) is 1. The summed E-state index contributed by atoms with van der Waals surface area (Å²) in [4.78, 5) is 12.3. The fourth-order valence-corrected chi connectivity index (χ4v) is 2.49. The highest BCUT2D eigenvalue weighted by molar-refractivity contribution is 6.31. The Hall–Kier alpha value is -2.49. The van der Waals surface area contributed by atoms with E-state index in [4.69, 9.17) is 27.9 Å². The first kappa shape index (κ1) is 17.3. The first-order valence-corrected chi connectivity index (χ1v) is 8.38. The second kappa shape index (κ2) is 7.60. The number of halogens is 2. The molecule has 0 heterocycles. The summed E-state index contributed by atoms with van der Waals surface area (Å²) in [6, 6.07) is 19.4. The van der Waals surface area contributed by atoms with E-state index >= 15 is 0 Å². The Morgan fingerprint density at radius 2 is 1.48 bits per heavy atom. The van der Waals surface area contributed by atoms with Crippen LogP contribution in [0.4, 0.5) is 5.69 Å². The van der Waals surface area contributed by atoms with E-state index in [1.165, 1.54) is 0 Å². The Kier molecular flexibility index (Phi) is 5.27. The van der Waals surface area contributed by atoms with Gasteiger partial charge in [0.25, 0.3) is 5.91 Å². The van der Waals surface area contributed by atoms with Gasteiger partial charge < -0.3 is 10.1 Å². The van der Waals surface area contributed by atoms with Gasteiger partial charge in [-0.3, -0.25) is 4.79 Å². The van der Waals surface area contributed by atoms with Crippen molar-refractivity contribution in [2.45, 2.75) is 6.92 Å². The highest BCUT2D eigenvalue weighted by Crippen LogP contribution is 2.25. The molecule has 0 fully saturated rings. The molecule has 0 aliphatic heterocycles. The lowest BCUT2D eigenvalue weighted by Crippen LogP contribution is -2.11. The van der Waals surface area contributed by atoms with E-state index in [1.54, 1.807) is 60.7 Å². The number of hydrogen-bond acceptors (Lipinski definition) is 2. The van der Waals surface area contributed by atoms with E-state index in [9.17, 15) is 4.79 Å². The van der Waals surface area contributed by atoms with Crippen LogP contribution in [0.1, 0.15) is 15.9 Å². The summed E-state index contributed by atoms with van der Waals surface area (Å²) in [5, 5.41) is 4.06. The van der Waals surface area contributed by atoms with Crippen molar-refractivity contribution in [1.29, 1.82) is 0 Å². The molecule has 5 heteroatoms. The number of benzene rings is 3.